The minimum Gasteiger partial charge on any atom is -0.391 e. The van der Waals surface area contributed by atoms with Crippen molar-refractivity contribution in [2.75, 3.05) is 0 Å². The van der Waals surface area contributed by atoms with Crippen LogP contribution in [0.1, 0.15) is 13.3 Å². The molecule has 0 bridgehead atoms. The fourth-order valence-corrected chi connectivity index (χ4v) is 0.608. The summed E-state index contributed by atoms with van der Waals surface area (Å²) in [7, 11) is 0. The van der Waals surface area contributed by atoms with Crippen LogP contribution in [0.3, 0.4) is 0 Å². The summed E-state index contributed by atoms with van der Waals surface area (Å²) in [5.41, 5.74) is 5.29. The Balaban J connectivity index is 3.68. The molecule has 0 fully saturated rings. The Kier molecular flexibility index (Phi) is 4.18. The number of hydrogen-bond acceptors (Lipinski definition) is 4. The highest BCUT2D eigenvalue weighted by Gasteiger charge is 2.18. The van der Waals surface area contributed by atoms with Gasteiger partial charge >= 0.3 is 0 Å². The van der Waals surface area contributed by atoms with Gasteiger partial charge in [-0.2, -0.15) is 0 Å². The van der Waals surface area contributed by atoms with Crippen LogP contribution in [0, 0.1) is 0 Å². The lowest BCUT2D eigenvalue weighted by atomic mass is 10.1. The molecular weight excluding hydrogens is 134 g/mol. The van der Waals surface area contributed by atoms with Gasteiger partial charge in [-0.15, -0.1) is 0 Å². The van der Waals surface area contributed by atoms with Crippen LogP contribution in [0.25, 0.3) is 0 Å². The predicted octanol–water partition coefficient (Wildman–Crippen LogP) is -1.36. The van der Waals surface area contributed by atoms with Crippen LogP contribution in [-0.4, -0.2) is 34.7 Å². The Hall–Kier alpha value is -0.450. The molecule has 0 aliphatic carbocycles. The Bertz CT molecular complexity index is 105. The number of aliphatic hydroxyl groups excluding tert-OH is 2. The largest absolute Gasteiger partial charge is 0.391 e. The molecule has 60 valence electrons. The molecule has 0 aromatic rings. The summed E-state index contributed by atoms with van der Waals surface area (Å²) >= 11 is 0. The quantitative estimate of drug-likeness (QED) is 0.429. The van der Waals surface area contributed by atoms with Crippen LogP contribution in [0.4, 0.5) is 0 Å². The van der Waals surface area contributed by atoms with Crippen LogP contribution < -0.4 is 5.73 Å². The molecule has 10 heavy (non-hydrogen) atoms. The maximum absolute atomic E-state index is 9.87. The van der Waals surface area contributed by atoms with Crippen molar-refractivity contribution in [3.05, 3.63) is 0 Å². The molecule has 0 saturated heterocycles. The molecule has 0 spiro atoms. The van der Waals surface area contributed by atoms with E-state index in [-0.39, 0.29) is 6.42 Å². The summed E-state index contributed by atoms with van der Waals surface area (Å²) in [5, 5.41) is 17.8. The molecule has 0 radical (unpaired) electrons. The number of aliphatic hydroxyl groups is 2. The molecule has 0 rings (SSSR count). The van der Waals surface area contributed by atoms with E-state index in [0.29, 0.717) is 6.29 Å². The molecule has 0 aliphatic heterocycles. The summed E-state index contributed by atoms with van der Waals surface area (Å²) in [4.78, 5) is 9.87. The minimum atomic E-state index is -1.01. The summed E-state index contributed by atoms with van der Waals surface area (Å²) < 4.78 is 0. The highest BCUT2D eigenvalue weighted by molar-refractivity contribution is 5.50. The second-order valence-electron chi connectivity index (χ2n) is 2.30. The minimum absolute atomic E-state index is 0.0755. The van der Waals surface area contributed by atoms with Crippen LogP contribution in [0.5, 0.6) is 0 Å². The number of hydrogen-bond donors (Lipinski definition) is 3. The van der Waals surface area contributed by atoms with Gasteiger partial charge in [0.1, 0.15) is 6.29 Å². The molecule has 4 heteroatoms. The smallest absolute Gasteiger partial charge is 0.121 e. The molecule has 0 aliphatic rings. The van der Waals surface area contributed by atoms with Crippen molar-refractivity contribution in [1.29, 1.82) is 0 Å². The maximum atomic E-state index is 9.87. The fourth-order valence-electron chi connectivity index (χ4n) is 0.608. The van der Waals surface area contributed by atoms with E-state index in [1.165, 1.54) is 6.92 Å². The van der Waals surface area contributed by atoms with Gasteiger partial charge in [-0.1, -0.05) is 0 Å². The van der Waals surface area contributed by atoms with Crippen molar-refractivity contribution in [2.24, 2.45) is 5.73 Å². The van der Waals surface area contributed by atoms with Crippen LogP contribution in [0.15, 0.2) is 0 Å². The predicted molar refractivity (Wildman–Crippen MR) is 36.3 cm³/mol. The van der Waals surface area contributed by atoms with Gasteiger partial charge in [-0.3, -0.25) is 0 Å². The van der Waals surface area contributed by atoms with E-state index in [2.05, 4.69) is 0 Å². The second kappa shape index (κ2) is 4.38. The first-order chi connectivity index (χ1) is 4.59. The van der Waals surface area contributed by atoms with Crippen molar-refractivity contribution in [1.82, 2.24) is 0 Å². The van der Waals surface area contributed by atoms with Crippen molar-refractivity contribution in [2.45, 2.75) is 31.6 Å². The normalized spacial score (nSPS) is 19.6. The Morgan fingerprint density at radius 3 is 2.40 bits per heavy atom. The van der Waals surface area contributed by atoms with Gasteiger partial charge in [0.2, 0.25) is 0 Å². The molecule has 0 saturated carbocycles. The average Bonchev–Trinajstić information content (AvgIpc) is 1.87. The molecule has 3 atom stereocenters. The molecule has 4 nitrogen and oxygen atoms in total. The van der Waals surface area contributed by atoms with E-state index < -0.39 is 18.2 Å². The number of carbonyl (C=O) groups excluding carboxylic acids is 1. The zero-order valence-electron chi connectivity index (χ0n) is 5.90. The Labute approximate surface area is 59.7 Å². The van der Waals surface area contributed by atoms with E-state index in [0.717, 1.165) is 0 Å². The zero-order chi connectivity index (χ0) is 8.15. The van der Waals surface area contributed by atoms with E-state index in [1.807, 2.05) is 0 Å². The summed E-state index contributed by atoms with van der Waals surface area (Å²) in [6, 6.07) is -0.655. The van der Waals surface area contributed by atoms with Gasteiger partial charge in [0.15, 0.2) is 0 Å². The average molecular weight is 147 g/mol. The van der Waals surface area contributed by atoms with Crippen molar-refractivity contribution in [3.8, 4) is 0 Å². The maximum Gasteiger partial charge on any atom is 0.121 e. The molecule has 0 unspecified atom stereocenters. The fraction of sp³-hybridized carbons (Fsp3) is 0.833. The van der Waals surface area contributed by atoms with E-state index in [9.17, 15) is 4.79 Å². The lowest BCUT2D eigenvalue weighted by Gasteiger charge is -2.18. The SMILES string of the molecule is C[C@@H](O)[C@H](O)[C@H](N)CC=O. The van der Waals surface area contributed by atoms with Gasteiger partial charge in [0.05, 0.1) is 12.2 Å². The van der Waals surface area contributed by atoms with E-state index >= 15 is 0 Å². The van der Waals surface area contributed by atoms with Crippen molar-refractivity contribution < 1.29 is 15.0 Å². The van der Waals surface area contributed by atoms with Crippen LogP contribution in [0.2, 0.25) is 0 Å². The van der Waals surface area contributed by atoms with Crippen LogP contribution >= 0.6 is 0 Å². The van der Waals surface area contributed by atoms with Gasteiger partial charge in [-0.25, -0.2) is 0 Å². The molecule has 4 N–H and O–H groups in total. The highest BCUT2D eigenvalue weighted by atomic mass is 16.3. The number of rotatable bonds is 4. The number of carbonyl (C=O) groups is 1. The summed E-state index contributed by atoms with van der Waals surface area (Å²) in [6.07, 6.45) is -1.19. The van der Waals surface area contributed by atoms with Gasteiger partial charge in [0, 0.05) is 12.5 Å². The van der Waals surface area contributed by atoms with Gasteiger partial charge in [-0.05, 0) is 6.92 Å². The monoisotopic (exact) mass is 147 g/mol. The first-order valence-corrected chi connectivity index (χ1v) is 3.15. The van der Waals surface area contributed by atoms with Gasteiger partial charge < -0.3 is 20.7 Å². The van der Waals surface area contributed by atoms with Gasteiger partial charge in [0.25, 0.3) is 0 Å². The third-order valence-electron chi connectivity index (χ3n) is 1.30. The summed E-state index contributed by atoms with van der Waals surface area (Å²) in [6.45, 7) is 1.43. The molecule has 0 amide bonds. The van der Waals surface area contributed by atoms with Crippen molar-refractivity contribution in [3.63, 3.8) is 0 Å². The number of nitrogens with two attached hydrogens (primary N) is 1. The lowest BCUT2D eigenvalue weighted by molar-refractivity contribution is -0.109. The second-order valence-corrected chi connectivity index (χ2v) is 2.30. The Morgan fingerprint density at radius 2 is 2.10 bits per heavy atom. The molecule has 0 heterocycles. The lowest BCUT2D eigenvalue weighted by Crippen LogP contribution is -2.41. The first-order valence-electron chi connectivity index (χ1n) is 3.15. The molecular formula is C6H13NO3. The summed E-state index contributed by atoms with van der Waals surface area (Å²) in [5.74, 6) is 0. The highest BCUT2D eigenvalue weighted by Crippen LogP contribution is 1.98. The van der Waals surface area contributed by atoms with Crippen LogP contribution in [-0.2, 0) is 4.79 Å². The third kappa shape index (κ3) is 2.91. The van der Waals surface area contributed by atoms with E-state index in [1.54, 1.807) is 0 Å². The Morgan fingerprint density at radius 1 is 1.60 bits per heavy atom. The van der Waals surface area contributed by atoms with Crippen molar-refractivity contribution >= 4 is 6.29 Å². The first kappa shape index (κ1) is 9.55. The topological polar surface area (TPSA) is 83.6 Å². The van der Waals surface area contributed by atoms with E-state index in [4.69, 9.17) is 15.9 Å². The molecule has 0 aromatic carbocycles. The number of aldehydes is 1. The zero-order valence-corrected chi connectivity index (χ0v) is 5.90. The third-order valence-corrected chi connectivity index (χ3v) is 1.30. The standard InChI is InChI=1S/C6H13NO3/c1-4(9)6(10)5(7)2-3-8/h3-6,9-10H,2,7H2,1H3/t4-,5-,6+/m1/s1. The molecule has 0 aromatic heterocycles.